The number of esters is 1. The molecule has 0 aliphatic heterocycles. The lowest BCUT2D eigenvalue weighted by atomic mass is 10.1. The van der Waals surface area contributed by atoms with Crippen molar-refractivity contribution in [1.29, 1.82) is 0 Å². The Morgan fingerprint density at radius 2 is 1.89 bits per heavy atom. The van der Waals surface area contributed by atoms with E-state index in [1.54, 1.807) is 14.0 Å². The lowest BCUT2D eigenvalue weighted by molar-refractivity contribution is -0.139. The summed E-state index contributed by atoms with van der Waals surface area (Å²) in [6.45, 7) is 5.55. The van der Waals surface area contributed by atoms with Crippen LogP contribution in [-0.4, -0.2) is 25.0 Å². The molecular formula is C22H23NO5. The molecule has 3 aromatic rings. The topological polar surface area (TPSA) is 77.6 Å². The summed E-state index contributed by atoms with van der Waals surface area (Å²) < 4.78 is 21.3. The van der Waals surface area contributed by atoms with Gasteiger partial charge in [0, 0.05) is 16.5 Å². The number of aromatic nitrogens is 1. The van der Waals surface area contributed by atoms with Gasteiger partial charge in [-0.15, -0.1) is 0 Å². The summed E-state index contributed by atoms with van der Waals surface area (Å²) >= 11 is 0. The number of fused-ring (bicyclic) bond motifs is 1. The van der Waals surface area contributed by atoms with Crippen LogP contribution in [0.1, 0.15) is 18.9 Å². The molecule has 28 heavy (non-hydrogen) atoms. The van der Waals surface area contributed by atoms with Gasteiger partial charge in [0.25, 0.3) is 0 Å². The number of benzene rings is 2. The summed E-state index contributed by atoms with van der Waals surface area (Å²) in [4.78, 5) is 11.4. The van der Waals surface area contributed by atoms with Crippen molar-refractivity contribution in [2.75, 3.05) is 13.7 Å². The number of nitrogens with one attached hydrogen (secondary N) is 1. The lowest BCUT2D eigenvalue weighted by Crippen LogP contribution is -2.06. The Morgan fingerprint density at radius 1 is 1.11 bits per heavy atom. The zero-order valence-corrected chi connectivity index (χ0v) is 16.0. The second kappa shape index (κ2) is 8.99. The van der Waals surface area contributed by atoms with Crippen molar-refractivity contribution in [1.82, 2.24) is 5.33 Å². The highest BCUT2D eigenvalue weighted by atomic mass is 16.7. The highest BCUT2D eigenvalue weighted by Crippen LogP contribution is 2.24. The van der Waals surface area contributed by atoms with Gasteiger partial charge in [-0.2, -0.15) is 0 Å². The Hall–Kier alpha value is -3.41. The maximum Gasteiger partial charge on any atom is 0.333 e. The molecule has 0 saturated heterocycles. The van der Waals surface area contributed by atoms with E-state index in [0.717, 1.165) is 28.7 Å². The molecule has 0 fully saturated rings. The van der Waals surface area contributed by atoms with Crippen molar-refractivity contribution in [3.8, 4) is 17.1 Å². The Morgan fingerprint density at radius 3 is 2.61 bits per heavy atom. The molecule has 3 rings (SSSR count). The molecule has 1 heterocycles. The monoisotopic (exact) mass is 381 g/mol. The van der Waals surface area contributed by atoms with Gasteiger partial charge in [-0.05, 0) is 61.7 Å². The van der Waals surface area contributed by atoms with Crippen LogP contribution in [0, 0.1) is 0 Å². The summed E-state index contributed by atoms with van der Waals surface area (Å²) in [5, 5.41) is 3.42. The van der Waals surface area contributed by atoms with Gasteiger partial charge >= 0.3 is 5.97 Å². The normalized spacial score (nSPS) is 10.5. The first-order valence-electron chi connectivity index (χ1n) is 8.97. The van der Waals surface area contributed by atoms with Crippen LogP contribution < -0.4 is 4.74 Å². The first-order valence-corrected chi connectivity index (χ1v) is 8.97. The summed E-state index contributed by atoms with van der Waals surface area (Å²) in [6, 6.07) is 15.4. The van der Waals surface area contributed by atoms with Gasteiger partial charge in [-0.25, -0.2) is 4.79 Å². The maximum atomic E-state index is 11.4. The number of hydrogen-bond donors (Lipinski definition) is 1. The molecule has 0 bridgehead atoms. The van der Waals surface area contributed by atoms with Crippen LogP contribution in [0.3, 0.4) is 0 Å². The van der Waals surface area contributed by atoms with Gasteiger partial charge in [-0.3, -0.25) is 0 Å². The molecule has 1 N–H and O–H groups in total. The average Bonchev–Trinajstić information content (AvgIpc) is 2.93. The summed E-state index contributed by atoms with van der Waals surface area (Å²) in [7, 11) is 1.63. The molecule has 0 radical (unpaired) electrons. The Bertz CT molecular complexity index is 1010. The van der Waals surface area contributed by atoms with Crippen molar-refractivity contribution >= 4 is 16.9 Å². The molecule has 6 nitrogen and oxygen atoms in total. The maximum absolute atomic E-state index is 11.4. The van der Waals surface area contributed by atoms with E-state index in [2.05, 4.69) is 11.9 Å². The van der Waals surface area contributed by atoms with E-state index in [-0.39, 0.29) is 5.97 Å². The number of carbonyl (C=O) groups is 1. The number of hydrogen-bond acceptors (Lipinski definition) is 5. The zero-order chi connectivity index (χ0) is 19.9. The fraction of sp³-hybridized carbons (Fsp3) is 0.227. The summed E-state index contributed by atoms with van der Waals surface area (Å²) in [5.41, 5.74) is 3.05. The van der Waals surface area contributed by atoms with Gasteiger partial charge in [0.2, 0.25) is 0 Å². The second-order valence-corrected chi connectivity index (χ2v) is 6.42. The smallest absolute Gasteiger partial charge is 0.333 e. The average molecular weight is 381 g/mol. The molecule has 2 aromatic carbocycles. The number of carbonyl (C=O) groups excluding carboxylic acids is 1. The van der Waals surface area contributed by atoms with Gasteiger partial charge in [0.1, 0.15) is 5.75 Å². The van der Waals surface area contributed by atoms with E-state index >= 15 is 0 Å². The van der Waals surface area contributed by atoms with Crippen LogP contribution in [0.25, 0.3) is 22.3 Å². The van der Waals surface area contributed by atoms with Gasteiger partial charge in [0.05, 0.1) is 13.7 Å². The van der Waals surface area contributed by atoms with E-state index in [1.165, 1.54) is 0 Å². The molecule has 0 saturated carbocycles. The molecule has 146 valence electrons. The van der Waals surface area contributed by atoms with Crippen LogP contribution in [0.15, 0.2) is 69.7 Å². The number of methoxy groups -OCH3 is 1. The van der Waals surface area contributed by atoms with Crippen molar-refractivity contribution < 1.29 is 23.3 Å². The Kier molecular flexibility index (Phi) is 6.22. The molecule has 0 atom stereocenters. The molecule has 0 aliphatic carbocycles. The minimum absolute atomic E-state index is 0.354. The number of H-pyrrole nitrogens is 1. The minimum atomic E-state index is -0.359. The SMILES string of the molecule is C=C(C)C(=O)OCCCc1ccc2cc(-c3ccc(OC)cc3)o[nH]oc2c1. The largest absolute Gasteiger partial charge is 0.497 e. The van der Waals surface area contributed by atoms with E-state index in [0.29, 0.717) is 29.9 Å². The highest BCUT2D eigenvalue weighted by molar-refractivity contribution is 5.86. The van der Waals surface area contributed by atoms with Gasteiger partial charge in [0.15, 0.2) is 11.3 Å². The number of aromatic amines is 1. The fourth-order valence-corrected chi connectivity index (χ4v) is 2.69. The number of rotatable bonds is 7. The quantitative estimate of drug-likeness (QED) is 0.345. The fourth-order valence-electron chi connectivity index (χ4n) is 2.69. The van der Waals surface area contributed by atoms with E-state index in [9.17, 15) is 4.79 Å². The molecule has 0 aliphatic rings. The molecular weight excluding hydrogens is 358 g/mol. The van der Waals surface area contributed by atoms with Crippen LogP contribution in [0.2, 0.25) is 0 Å². The van der Waals surface area contributed by atoms with Crippen LogP contribution in [0.5, 0.6) is 5.75 Å². The van der Waals surface area contributed by atoms with Crippen molar-refractivity contribution in [2.24, 2.45) is 0 Å². The van der Waals surface area contributed by atoms with Crippen molar-refractivity contribution in [3.63, 3.8) is 0 Å². The minimum Gasteiger partial charge on any atom is -0.497 e. The van der Waals surface area contributed by atoms with Crippen LogP contribution in [-0.2, 0) is 16.0 Å². The first kappa shape index (κ1) is 19.4. The predicted molar refractivity (Wildman–Crippen MR) is 107 cm³/mol. The van der Waals surface area contributed by atoms with Gasteiger partial charge < -0.3 is 18.5 Å². The van der Waals surface area contributed by atoms with Crippen molar-refractivity contribution in [3.05, 3.63) is 66.2 Å². The zero-order valence-electron chi connectivity index (χ0n) is 16.0. The second-order valence-electron chi connectivity index (χ2n) is 6.42. The summed E-state index contributed by atoms with van der Waals surface area (Å²) in [6.07, 6.45) is 1.48. The third kappa shape index (κ3) is 4.85. The van der Waals surface area contributed by atoms with E-state index in [4.69, 9.17) is 18.5 Å². The number of ether oxygens (including phenoxy) is 2. The molecule has 0 spiro atoms. The molecule has 1 aromatic heterocycles. The van der Waals surface area contributed by atoms with E-state index in [1.807, 2.05) is 48.5 Å². The standard InChI is InChI=1S/C22H23NO5/c1-15(2)22(24)26-12-4-5-16-6-7-18-14-21(28-23-27-20(18)13-16)17-8-10-19(25-3)11-9-17/h6-11,13-14,23H,1,4-5,12H2,2-3H3. The van der Waals surface area contributed by atoms with Gasteiger partial charge in [-0.1, -0.05) is 24.0 Å². The van der Waals surface area contributed by atoms with Crippen molar-refractivity contribution in [2.45, 2.75) is 19.8 Å². The van der Waals surface area contributed by atoms with Crippen LogP contribution in [0.4, 0.5) is 0 Å². The predicted octanol–water partition coefficient (Wildman–Crippen LogP) is 5.21. The number of aryl methyl sites for hydroxylation is 1. The highest BCUT2D eigenvalue weighted by Gasteiger charge is 2.06. The lowest BCUT2D eigenvalue weighted by Gasteiger charge is -2.04. The molecule has 0 unspecified atom stereocenters. The van der Waals surface area contributed by atoms with Crippen LogP contribution >= 0.6 is 0 Å². The summed E-state index contributed by atoms with van der Waals surface area (Å²) in [5.74, 6) is 1.06. The van der Waals surface area contributed by atoms with E-state index < -0.39 is 0 Å². The first-order chi connectivity index (χ1) is 13.6. The Labute approximate surface area is 163 Å². The Balaban J connectivity index is 1.74. The third-order valence-electron chi connectivity index (χ3n) is 4.23. The molecule has 0 amide bonds. The third-order valence-corrected chi connectivity index (χ3v) is 4.23. The molecule has 6 heteroatoms.